The molecule has 3 N–H and O–H groups in total. The third kappa shape index (κ3) is 20.2. The average Bonchev–Trinajstić information content (AvgIpc) is 1.77. The van der Waals surface area contributed by atoms with Gasteiger partial charge in [0.15, 0.2) is 0 Å². The van der Waals surface area contributed by atoms with E-state index in [0.717, 1.165) is 95.9 Å². The Balaban J connectivity index is 1.50. The van der Waals surface area contributed by atoms with E-state index in [2.05, 4.69) is 16.0 Å². The molecule has 3 aromatic rings. The monoisotopic (exact) mass is 1500 g/mol. The topological polar surface area (TPSA) is 270 Å². The van der Waals surface area contributed by atoms with Crippen molar-refractivity contribution in [3.05, 3.63) is 105 Å². The van der Waals surface area contributed by atoms with Crippen molar-refractivity contribution in [3.63, 3.8) is 0 Å². The molecule has 0 bridgehead atoms. The Morgan fingerprint density at radius 3 is 1.70 bits per heavy atom. The van der Waals surface area contributed by atoms with Gasteiger partial charge in [-0.2, -0.15) is 26.3 Å². The number of nitrogens with zero attached hydrogens (tertiary/aromatic N) is 9. The number of halogens is 8. The van der Waals surface area contributed by atoms with Crippen LogP contribution in [-0.2, 0) is 89.1 Å². The molecule has 1 spiro atoms. The molecule has 1 aliphatic carbocycles. The average molecular weight is 1500 g/mol. The molecular formula is C73H98ClF7N12O12. The first-order valence-corrected chi connectivity index (χ1v) is 35.3. The predicted molar refractivity (Wildman–Crippen MR) is 374 cm³/mol. The number of fused-ring (bicyclic) bond motifs is 1. The molecule has 578 valence electrons. The van der Waals surface area contributed by atoms with Gasteiger partial charge >= 0.3 is 12.4 Å². The number of amides is 12. The van der Waals surface area contributed by atoms with Gasteiger partial charge in [-0.1, -0.05) is 95.3 Å². The van der Waals surface area contributed by atoms with Crippen molar-refractivity contribution in [3.8, 4) is 0 Å². The predicted octanol–water partition coefficient (Wildman–Crippen LogP) is 5.98. The minimum atomic E-state index is -4.86. The summed E-state index contributed by atoms with van der Waals surface area (Å²) >= 11 is 6.14. The van der Waals surface area contributed by atoms with Crippen LogP contribution in [0.25, 0.3) is 0 Å². The van der Waals surface area contributed by atoms with Crippen LogP contribution in [-0.4, -0.2) is 251 Å². The number of hydrogen-bond donors (Lipinski definition) is 3. The number of hydrogen-bond acceptors (Lipinski definition) is 12. The highest BCUT2D eigenvalue weighted by molar-refractivity contribution is 6.31. The van der Waals surface area contributed by atoms with Gasteiger partial charge in [0.05, 0.1) is 29.1 Å². The van der Waals surface area contributed by atoms with E-state index in [9.17, 15) is 64.3 Å². The van der Waals surface area contributed by atoms with Gasteiger partial charge in [0, 0.05) is 82.8 Å². The first kappa shape index (κ1) is 85.0. The Kier molecular flexibility index (Phi) is 28.7. The zero-order valence-corrected chi connectivity index (χ0v) is 62.8. The largest absolute Gasteiger partial charge is 0.417 e. The molecule has 1 saturated carbocycles. The van der Waals surface area contributed by atoms with E-state index < -0.39 is 203 Å². The molecule has 11 atom stereocenters. The summed E-state index contributed by atoms with van der Waals surface area (Å²) in [5, 5.41) is 7.57. The van der Waals surface area contributed by atoms with Crippen molar-refractivity contribution < 1.29 is 88.3 Å². The fourth-order valence-electron chi connectivity index (χ4n) is 13.4. The van der Waals surface area contributed by atoms with E-state index in [4.69, 9.17) is 11.6 Å². The maximum Gasteiger partial charge on any atom is 0.417 e. The molecule has 12 amide bonds. The third-order valence-corrected chi connectivity index (χ3v) is 21.4. The number of rotatable bonds is 12. The number of benzene rings is 3. The highest BCUT2D eigenvalue weighted by Gasteiger charge is 2.51. The van der Waals surface area contributed by atoms with E-state index in [0.29, 0.717) is 24.8 Å². The maximum absolute atomic E-state index is 15.6. The lowest BCUT2D eigenvalue weighted by Gasteiger charge is -2.45. The SMILES string of the molecule is CC[C@H](C)[C@@H]1NC(=O)[C@H](C)N(C)C(=O)C[C@@H](C(=O)N(C)C)N(C)C(=O)[C@H]([C@@H](C)CC)N(C)C(=O)C2(CCCC2)NC(=O)[C@H](Cc2ccc(F)cc2)N(C)C(=O)[C@H](CCc2ccc(C(F)(F)F)c(Cl)c2)NC(=O)CN(C)C(=O)[C@H](Cc2ccc(C(F)(F)F)cc2)N(C)C(=O)[C@@H]2CCN2C(=O)[C@H](C)N(C)C1=O. The van der Waals surface area contributed by atoms with Crippen molar-refractivity contribution in [2.45, 2.75) is 191 Å². The minimum Gasteiger partial charge on any atom is -0.347 e. The lowest BCUT2D eigenvalue weighted by atomic mass is 9.90. The second kappa shape index (κ2) is 35.5. The van der Waals surface area contributed by atoms with Gasteiger partial charge in [-0.05, 0) is 111 Å². The number of aryl methyl sites for hydroxylation is 1. The molecule has 3 aromatic carbocycles. The van der Waals surface area contributed by atoms with E-state index in [1.807, 2.05) is 0 Å². The Bertz CT molecular complexity index is 3690. The second-order valence-corrected chi connectivity index (χ2v) is 28.7. The Labute approximate surface area is 612 Å². The quantitative estimate of drug-likeness (QED) is 0.177. The summed E-state index contributed by atoms with van der Waals surface area (Å²) in [4.78, 5) is 188. The summed E-state index contributed by atoms with van der Waals surface area (Å²) in [6.45, 7) is 8.73. The molecule has 24 nitrogen and oxygen atoms in total. The highest BCUT2D eigenvalue weighted by Crippen LogP contribution is 2.37. The number of alkyl halides is 6. The molecule has 105 heavy (non-hydrogen) atoms. The summed E-state index contributed by atoms with van der Waals surface area (Å²) in [5.74, 6) is -12.0. The molecule has 2 aliphatic heterocycles. The zero-order valence-electron chi connectivity index (χ0n) is 62.0. The van der Waals surface area contributed by atoms with Crippen LogP contribution < -0.4 is 16.0 Å². The molecule has 0 unspecified atom stereocenters. The van der Waals surface area contributed by atoms with E-state index >= 15 is 24.0 Å². The van der Waals surface area contributed by atoms with Crippen LogP contribution in [0.4, 0.5) is 30.7 Å². The number of carbonyl (C=O) groups excluding carboxylic acids is 12. The van der Waals surface area contributed by atoms with Crippen molar-refractivity contribution in [1.82, 2.24) is 60.0 Å². The van der Waals surface area contributed by atoms with Crippen molar-refractivity contribution in [2.75, 3.05) is 76.5 Å². The van der Waals surface area contributed by atoms with Crippen LogP contribution in [0.2, 0.25) is 5.02 Å². The fraction of sp³-hybridized carbons (Fsp3) is 0.589. The first-order valence-electron chi connectivity index (χ1n) is 35.0. The van der Waals surface area contributed by atoms with Crippen molar-refractivity contribution in [2.24, 2.45) is 11.8 Å². The molecule has 32 heteroatoms. The fourth-order valence-corrected chi connectivity index (χ4v) is 13.7. The Morgan fingerprint density at radius 1 is 0.619 bits per heavy atom. The van der Waals surface area contributed by atoms with Gasteiger partial charge in [0.1, 0.15) is 65.7 Å². The maximum atomic E-state index is 15.6. The van der Waals surface area contributed by atoms with E-state index in [1.54, 1.807) is 27.7 Å². The van der Waals surface area contributed by atoms with Crippen LogP contribution in [0, 0.1) is 17.7 Å². The second-order valence-electron chi connectivity index (χ2n) is 28.3. The van der Waals surface area contributed by atoms with Crippen LogP contribution >= 0.6 is 11.6 Å². The molecule has 6 rings (SSSR count). The van der Waals surface area contributed by atoms with Crippen LogP contribution in [0.15, 0.2) is 66.7 Å². The summed E-state index contributed by atoms with van der Waals surface area (Å²) < 4.78 is 98.0. The number of likely N-dealkylation sites (N-methyl/N-ethyl adjacent to an activating group) is 8. The van der Waals surface area contributed by atoms with Crippen LogP contribution in [0.1, 0.15) is 127 Å². The molecule has 3 aliphatic rings. The Morgan fingerprint density at radius 2 is 1.17 bits per heavy atom. The van der Waals surface area contributed by atoms with E-state index in [1.165, 1.54) is 92.2 Å². The number of nitrogens with one attached hydrogen (secondary N) is 3. The standard InChI is InChI=1S/C73H98ClF7N12O12/c1-16-41(3)59-68(103)88(11)44(6)63(98)93-35-32-53(93)67(102)90(13)55(38-46-20-26-48(27-21-46)72(76,77)78)66(101)86(9)40-57(94)82-52(31-25-45-24-30-50(51(74)36-45)73(79,80)81)64(99)89(12)54(37-47-22-28-49(75)29-23-47)62(97)84-71(33-18-19-34-71)70(105)92(15)60(42(4)17-2)69(104)91(14)56(65(100)85(7)8)39-58(95)87(10)43(5)61(96)83-59/h20-24,26-30,36,41-44,52-56,59-60H,16-19,25,31-35,37-40H2,1-15H3,(H,82,94)(H,83,96)(H,84,97)/t41-,42-,43-,44-,52-,53-,54-,55-,56-,59-,60-/m0/s1. The molecule has 2 saturated heterocycles. The highest BCUT2D eigenvalue weighted by atomic mass is 35.5. The lowest BCUT2D eigenvalue weighted by Crippen LogP contribution is -2.65. The smallest absolute Gasteiger partial charge is 0.347 e. The van der Waals surface area contributed by atoms with Gasteiger partial charge in [0.25, 0.3) is 0 Å². The third-order valence-electron chi connectivity index (χ3n) is 21.0. The minimum absolute atomic E-state index is 0.00494. The van der Waals surface area contributed by atoms with Gasteiger partial charge in [-0.15, -0.1) is 0 Å². The number of carbonyl (C=O) groups is 12. The van der Waals surface area contributed by atoms with Gasteiger partial charge < -0.3 is 60.0 Å². The molecule has 0 aromatic heterocycles. The van der Waals surface area contributed by atoms with Crippen molar-refractivity contribution >= 4 is 82.5 Å². The molecule has 2 heterocycles. The van der Waals surface area contributed by atoms with Gasteiger partial charge in [-0.25, -0.2) is 4.39 Å². The van der Waals surface area contributed by atoms with E-state index in [-0.39, 0.29) is 56.2 Å². The molecule has 0 radical (unpaired) electrons. The molecule has 3 fully saturated rings. The van der Waals surface area contributed by atoms with Gasteiger partial charge in [0.2, 0.25) is 70.9 Å². The summed E-state index contributed by atoms with van der Waals surface area (Å²) in [7, 11) is 11.7. The van der Waals surface area contributed by atoms with Crippen molar-refractivity contribution in [1.29, 1.82) is 0 Å². The zero-order chi connectivity index (χ0) is 78.8. The van der Waals surface area contributed by atoms with Crippen LogP contribution in [0.5, 0.6) is 0 Å². The summed E-state index contributed by atoms with van der Waals surface area (Å²) in [6, 6.07) is -1.64. The normalized spacial score (nSPS) is 24.9. The first-order chi connectivity index (χ1) is 48.9. The Hall–Kier alpha value is -8.90. The lowest BCUT2D eigenvalue weighted by molar-refractivity contribution is -0.160. The van der Waals surface area contributed by atoms with Crippen LogP contribution in [0.3, 0.4) is 0 Å². The summed E-state index contributed by atoms with van der Waals surface area (Å²) in [6.07, 6.45) is -10.4. The van der Waals surface area contributed by atoms with Gasteiger partial charge in [-0.3, -0.25) is 57.5 Å². The molecular weight excluding hydrogens is 1410 g/mol. The summed E-state index contributed by atoms with van der Waals surface area (Å²) in [5.41, 5.74) is -3.42.